The summed E-state index contributed by atoms with van der Waals surface area (Å²) >= 11 is 0. The van der Waals surface area contributed by atoms with Gasteiger partial charge in [-0.2, -0.15) is 0 Å². The van der Waals surface area contributed by atoms with Crippen LogP contribution >= 0.6 is 0 Å². The van der Waals surface area contributed by atoms with Crippen LogP contribution in [0.15, 0.2) is 36.7 Å². The van der Waals surface area contributed by atoms with E-state index in [-0.39, 0.29) is 5.69 Å². The zero-order valence-electron chi connectivity index (χ0n) is 12.7. The van der Waals surface area contributed by atoms with Crippen molar-refractivity contribution in [2.75, 3.05) is 5.32 Å². The molecule has 1 atom stereocenters. The molecule has 2 rings (SSSR count). The first-order valence-electron chi connectivity index (χ1n) is 6.83. The average Bonchev–Trinajstić information content (AvgIpc) is 2.50. The van der Waals surface area contributed by atoms with Gasteiger partial charge in [-0.25, -0.2) is 9.78 Å². The van der Waals surface area contributed by atoms with Gasteiger partial charge in [-0.1, -0.05) is 17.7 Å². The van der Waals surface area contributed by atoms with Crippen LogP contribution in [0.5, 0.6) is 0 Å². The van der Waals surface area contributed by atoms with Gasteiger partial charge in [-0.3, -0.25) is 9.78 Å². The Morgan fingerprint density at radius 3 is 2.36 bits per heavy atom. The van der Waals surface area contributed by atoms with Crippen LogP contribution in [0.25, 0.3) is 0 Å². The first-order chi connectivity index (χ1) is 10.5. The van der Waals surface area contributed by atoms with E-state index in [1.54, 1.807) is 19.1 Å². The van der Waals surface area contributed by atoms with Crippen LogP contribution in [-0.4, -0.2) is 27.9 Å². The minimum Gasteiger partial charge on any atom is -0.448 e. The van der Waals surface area contributed by atoms with Gasteiger partial charge in [0, 0.05) is 11.9 Å². The quantitative estimate of drug-likeness (QED) is 0.876. The van der Waals surface area contributed by atoms with E-state index in [1.165, 1.54) is 19.3 Å². The molecule has 0 saturated heterocycles. The molecule has 22 heavy (non-hydrogen) atoms. The van der Waals surface area contributed by atoms with Gasteiger partial charge in [0.2, 0.25) is 0 Å². The highest BCUT2D eigenvalue weighted by atomic mass is 16.5. The summed E-state index contributed by atoms with van der Waals surface area (Å²) in [5.41, 5.74) is 2.51. The number of ether oxygens (including phenoxy) is 1. The molecule has 0 unspecified atom stereocenters. The van der Waals surface area contributed by atoms with Crippen LogP contribution in [0.4, 0.5) is 5.69 Å². The standard InChI is InChI=1S/C16H17N3O3/c1-10-4-6-13(7-5-10)19-15(20)12(3)22-16(21)14-9-17-11(2)8-18-14/h4-9,12H,1-3H3,(H,19,20)/t12-/m0/s1. The summed E-state index contributed by atoms with van der Waals surface area (Å²) in [5, 5.41) is 2.68. The lowest BCUT2D eigenvalue weighted by molar-refractivity contribution is -0.123. The predicted molar refractivity (Wildman–Crippen MR) is 81.5 cm³/mol. The summed E-state index contributed by atoms with van der Waals surface area (Å²) in [7, 11) is 0. The SMILES string of the molecule is Cc1ccc(NC(=O)[C@H](C)OC(=O)c2cnc(C)cn2)cc1. The largest absolute Gasteiger partial charge is 0.448 e. The normalized spacial score (nSPS) is 11.6. The Morgan fingerprint density at radius 1 is 1.09 bits per heavy atom. The van der Waals surface area contributed by atoms with Gasteiger partial charge in [0.25, 0.3) is 5.91 Å². The van der Waals surface area contributed by atoms with E-state index < -0.39 is 18.0 Å². The lowest BCUT2D eigenvalue weighted by atomic mass is 10.2. The molecule has 6 heteroatoms. The lowest BCUT2D eigenvalue weighted by Gasteiger charge is -2.13. The predicted octanol–water partition coefficient (Wildman–Crippen LogP) is 2.28. The zero-order valence-corrected chi connectivity index (χ0v) is 12.7. The fourth-order valence-electron chi connectivity index (χ4n) is 1.65. The van der Waals surface area contributed by atoms with Gasteiger partial charge < -0.3 is 10.1 Å². The second kappa shape index (κ2) is 6.80. The zero-order chi connectivity index (χ0) is 16.1. The average molecular weight is 299 g/mol. The molecule has 2 aromatic rings. The molecule has 0 aliphatic heterocycles. The summed E-state index contributed by atoms with van der Waals surface area (Å²) in [6, 6.07) is 7.34. The van der Waals surface area contributed by atoms with Crippen molar-refractivity contribution in [3.63, 3.8) is 0 Å². The van der Waals surface area contributed by atoms with Crippen molar-refractivity contribution in [3.8, 4) is 0 Å². The molecule has 6 nitrogen and oxygen atoms in total. The Bertz CT molecular complexity index is 666. The number of hydrogen-bond acceptors (Lipinski definition) is 5. The van der Waals surface area contributed by atoms with E-state index >= 15 is 0 Å². The second-order valence-corrected chi connectivity index (χ2v) is 4.95. The van der Waals surface area contributed by atoms with Crippen LogP contribution in [0.3, 0.4) is 0 Å². The molecule has 1 N–H and O–H groups in total. The molecule has 1 aromatic carbocycles. The molecule has 0 radical (unpaired) electrons. The molecular weight excluding hydrogens is 282 g/mol. The van der Waals surface area contributed by atoms with Crippen LogP contribution in [-0.2, 0) is 9.53 Å². The molecule has 0 spiro atoms. The molecule has 0 fully saturated rings. The maximum Gasteiger partial charge on any atom is 0.359 e. The van der Waals surface area contributed by atoms with Crippen molar-refractivity contribution < 1.29 is 14.3 Å². The number of aryl methyl sites for hydroxylation is 2. The number of amides is 1. The molecule has 1 aromatic heterocycles. The van der Waals surface area contributed by atoms with E-state index in [9.17, 15) is 9.59 Å². The Morgan fingerprint density at radius 2 is 1.77 bits per heavy atom. The number of benzene rings is 1. The number of rotatable bonds is 4. The number of aromatic nitrogens is 2. The highest BCUT2D eigenvalue weighted by Crippen LogP contribution is 2.10. The van der Waals surface area contributed by atoms with Gasteiger partial charge in [-0.15, -0.1) is 0 Å². The van der Waals surface area contributed by atoms with Gasteiger partial charge in [0.05, 0.1) is 11.9 Å². The maximum absolute atomic E-state index is 12.0. The second-order valence-electron chi connectivity index (χ2n) is 4.95. The van der Waals surface area contributed by atoms with Gasteiger partial charge >= 0.3 is 5.97 Å². The van der Waals surface area contributed by atoms with E-state index in [2.05, 4.69) is 15.3 Å². The minimum absolute atomic E-state index is 0.0700. The molecule has 0 saturated carbocycles. The number of nitrogens with zero attached hydrogens (tertiary/aromatic N) is 2. The highest BCUT2D eigenvalue weighted by molar-refractivity contribution is 5.96. The van der Waals surface area contributed by atoms with Crippen LogP contribution in [0.1, 0.15) is 28.7 Å². The summed E-state index contributed by atoms with van der Waals surface area (Å²) in [4.78, 5) is 31.7. The van der Waals surface area contributed by atoms with Gasteiger partial charge in [-0.05, 0) is 32.9 Å². The number of carbonyl (C=O) groups excluding carboxylic acids is 2. The van der Waals surface area contributed by atoms with E-state index in [4.69, 9.17) is 4.74 Å². The van der Waals surface area contributed by atoms with Crippen molar-refractivity contribution in [1.82, 2.24) is 9.97 Å². The Hall–Kier alpha value is -2.76. The molecule has 0 aliphatic carbocycles. The third-order valence-corrected chi connectivity index (χ3v) is 2.96. The van der Waals surface area contributed by atoms with Crippen molar-refractivity contribution in [2.24, 2.45) is 0 Å². The summed E-state index contributed by atoms with van der Waals surface area (Å²) in [6.45, 7) is 5.22. The molecular formula is C16H17N3O3. The third kappa shape index (κ3) is 4.12. The van der Waals surface area contributed by atoms with E-state index in [0.29, 0.717) is 11.4 Å². The van der Waals surface area contributed by atoms with Crippen LogP contribution in [0.2, 0.25) is 0 Å². The number of nitrogens with one attached hydrogen (secondary N) is 1. The Kier molecular flexibility index (Phi) is 4.83. The summed E-state index contributed by atoms with van der Waals surface area (Å²) in [6.07, 6.45) is 1.85. The Balaban J connectivity index is 1.94. The Labute approximate surface area is 128 Å². The number of anilines is 1. The van der Waals surface area contributed by atoms with Gasteiger partial charge in [0.15, 0.2) is 11.8 Å². The topological polar surface area (TPSA) is 81.2 Å². The molecule has 0 aliphatic rings. The number of esters is 1. The maximum atomic E-state index is 12.0. The van der Waals surface area contributed by atoms with Crippen molar-refractivity contribution in [3.05, 3.63) is 53.6 Å². The molecule has 1 heterocycles. The number of carbonyl (C=O) groups is 2. The molecule has 0 bridgehead atoms. The third-order valence-electron chi connectivity index (χ3n) is 2.96. The number of hydrogen-bond donors (Lipinski definition) is 1. The van der Waals surface area contributed by atoms with Crippen molar-refractivity contribution >= 4 is 17.6 Å². The first kappa shape index (κ1) is 15.6. The van der Waals surface area contributed by atoms with Gasteiger partial charge in [0.1, 0.15) is 0 Å². The minimum atomic E-state index is -0.933. The summed E-state index contributed by atoms with van der Waals surface area (Å²) < 4.78 is 5.08. The monoisotopic (exact) mass is 299 g/mol. The van der Waals surface area contributed by atoms with Crippen LogP contribution in [0, 0.1) is 13.8 Å². The molecule has 1 amide bonds. The van der Waals surface area contributed by atoms with E-state index in [0.717, 1.165) is 5.56 Å². The first-order valence-corrected chi connectivity index (χ1v) is 6.83. The summed E-state index contributed by atoms with van der Waals surface area (Å²) in [5.74, 6) is -1.09. The highest BCUT2D eigenvalue weighted by Gasteiger charge is 2.20. The van der Waals surface area contributed by atoms with E-state index in [1.807, 2.05) is 19.1 Å². The fourth-order valence-corrected chi connectivity index (χ4v) is 1.65. The molecule has 114 valence electrons. The van der Waals surface area contributed by atoms with Crippen molar-refractivity contribution in [2.45, 2.75) is 26.9 Å². The van der Waals surface area contributed by atoms with Crippen LogP contribution < -0.4 is 5.32 Å². The smallest absolute Gasteiger partial charge is 0.359 e. The van der Waals surface area contributed by atoms with Crippen molar-refractivity contribution in [1.29, 1.82) is 0 Å². The lowest BCUT2D eigenvalue weighted by Crippen LogP contribution is -2.30. The fraction of sp³-hybridized carbons (Fsp3) is 0.250.